The van der Waals surface area contributed by atoms with Crippen molar-refractivity contribution in [1.82, 2.24) is 5.32 Å². The fraction of sp³-hybridized carbons (Fsp3) is 0.211. The second-order valence-electron chi connectivity index (χ2n) is 5.52. The standard InChI is InChI=1S/C19H18N2O5/c1-20-19(23)18(21-24-2)14-6-4-3-5-12(14)10-25-13-7-8-15-16(22)11-26-17(15)9-13/h3-9H,10-11H2,1-2H3,(H,20,23). The SMILES string of the molecule is CNC(=O)C(=NOC)c1ccccc1COc1ccc2c(c1)OCC2=O. The summed E-state index contributed by atoms with van der Waals surface area (Å²) in [5.41, 5.74) is 2.11. The van der Waals surface area contributed by atoms with Gasteiger partial charge >= 0.3 is 0 Å². The highest BCUT2D eigenvalue weighted by atomic mass is 16.6. The molecule has 3 rings (SSSR count). The molecule has 0 bridgehead atoms. The first-order chi connectivity index (χ1) is 12.6. The van der Waals surface area contributed by atoms with E-state index in [1.165, 1.54) is 14.2 Å². The van der Waals surface area contributed by atoms with Crippen molar-refractivity contribution in [2.75, 3.05) is 20.8 Å². The van der Waals surface area contributed by atoms with E-state index in [4.69, 9.17) is 14.3 Å². The van der Waals surface area contributed by atoms with Gasteiger partial charge < -0.3 is 19.6 Å². The first-order valence-corrected chi connectivity index (χ1v) is 7.98. The van der Waals surface area contributed by atoms with E-state index >= 15 is 0 Å². The molecule has 1 heterocycles. The van der Waals surface area contributed by atoms with Gasteiger partial charge in [-0.2, -0.15) is 0 Å². The third-order valence-corrected chi connectivity index (χ3v) is 3.90. The number of nitrogens with one attached hydrogen (secondary N) is 1. The molecule has 7 nitrogen and oxygen atoms in total. The number of oxime groups is 1. The van der Waals surface area contributed by atoms with Gasteiger partial charge in [0.1, 0.15) is 25.2 Å². The Labute approximate surface area is 150 Å². The highest BCUT2D eigenvalue weighted by Gasteiger charge is 2.22. The van der Waals surface area contributed by atoms with Crippen molar-refractivity contribution in [3.63, 3.8) is 0 Å². The van der Waals surface area contributed by atoms with Gasteiger partial charge in [0.25, 0.3) is 5.91 Å². The smallest absolute Gasteiger partial charge is 0.273 e. The van der Waals surface area contributed by atoms with Crippen LogP contribution in [0.1, 0.15) is 21.5 Å². The molecule has 26 heavy (non-hydrogen) atoms. The summed E-state index contributed by atoms with van der Waals surface area (Å²) in [5.74, 6) is 0.692. The minimum Gasteiger partial charge on any atom is -0.489 e. The first-order valence-electron chi connectivity index (χ1n) is 7.98. The predicted molar refractivity (Wildman–Crippen MR) is 94.7 cm³/mol. The highest BCUT2D eigenvalue weighted by molar-refractivity contribution is 6.45. The molecule has 1 aliphatic rings. The molecular weight excluding hydrogens is 336 g/mol. The molecule has 0 aromatic heterocycles. The summed E-state index contributed by atoms with van der Waals surface area (Å²) in [4.78, 5) is 28.5. The number of hydrogen-bond acceptors (Lipinski definition) is 6. The Morgan fingerprint density at radius 2 is 2.08 bits per heavy atom. The molecule has 0 spiro atoms. The maximum atomic E-state index is 12.1. The van der Waals surface area contributed by atoms with Gasteiger partial charge in [0, 0.05) is 18.7 Å². The highest BCUT2D eigenvalue weighted by Crippen LogP contribution is 2.30. The van der Waals surface area contributed by atoms with Crippen LogP contribution in [0.2, 0.25) is 0 Å². The van der Waals surface area contributed by atoms with Gasteiger partial charge in [-0.05, 0) is 17.7 Å². The molecule has 2 aromatic rings. The van der Waals surface area contributed by atoms with E-state index < -0.39 is 0 Å². The third kappa shape index (κ3) is 3.51. The number of Topliss-reactive ketones (excluding diaryl/α,β-unsaturated/α-hetero) is 1. The molecule has 0 saturated carbocycles. The number of likely N-dealkylation sites (N-methyl/N-ethyl adjacent to an activating group) is 1. The summed E-state index contributed by atoms with van der Waals surface area (Å²) < 4.78 is 11.1. The van der Waals surface area contributed by atoms with Crippen LogP contribution in [0.25, 0.3) is 0 Å². The fourth-order valence-electron chi connectivity index (χ4n) is 2.62. The van der Waals surface area contributed by atoms with Crippen molar-refractivity contribution >= 4 is 17.4 Å². The molecule has 0 radical (unpaired) electrons. The Morgan fingerprint density at radius 1 is 1.27 bits per heavy atom. The van der Waals surface area contributed by atoms with Crippen LogP contribution in [0, 0.1) is 0 Å². The van der Waals surface area contributed by atoms with Crippen molar-refractivity contribution < 1.29 is 23.9 Å². The number of carbonyl (C=O) groups excluding carboxylic acids is 2. The number of carbonyl (C=O) groups is 2. The zero-order valence-corrected chi connectivity index (χ0v) is 14.4. The number of ether oxygens (including phenoxy) is 2. The quantitative estimate of drug-likeness (QED) is 0.633. The molecule has 1 amide bonds. The van der Waals surface area contributed by atoms with Crippen LogP contribution < -0.4 is 14.8 Å². The summed E-state index contributed by atoms with van der Waals surface area (Å²) in [6.07, 6.45) is 0. The Bertz CT molecular complexity index is 876. The lowest BCUT2D eigenvalue weighted by Crippen LogP contribution is -2.29. The number of rotatable bonds is 6. The Morgan fingerprint density at radius 3 is 2.85 bits per heavy atom. The van der Waals surface area contributed by atoms with Crippen molar-refractivity contribution in [2.24, 2.45) is 5.16 Å². The maximum absolute atomic E-state index is 12.1. The molecule has 0 unspecified atom stereocenters. The van der Waals surface area contributed by atoms with E-state index in [1.807, 2.05) is 18.2 Å². The molecule has 0 fully saturated rings. The van der Waals surface area contributed by atoms with Gasteiger partial charge in [0.15, 0.2) is 12.3 Å². The molecule has 134 valence electrons. The van der Waals surface area contributed by atoms with Crippen LogP contribution in [0.3, 0.4) is 0 Å². The van der Waals surface area contributed by atoms with Gasteiger partial charge in [-0.1, -0.05) is 29.4 Å². The Balaban J connectivity index is 1.82. The average Bonchev–Trinajstić information content (AvgIpc) is 3.04. The van der Waals surface area contributed by atoms with Crippen LogP contribution in [0.15, 0.2) is 47.6 Å². The van der Waals surface area contributed by atoms with Crippen molar-refractivity contribution in [3.05, 3.63) is 59.2 Å². The van der Waals surface area contributed by atoms with E-state index in [-0.39, 0.29) is 30.6 Å². The lowest BCUT2D eigenvalue weighted by Gasteiger charge is -2.12. The van der Waals surface area contributed by atoms with Gasteiger partial charge in [-0.3, -0.25) is 9.59 Å². The van der Waals surface area contributed by atoms with Crippen molar-refractivity contribution in [3.8, 4) is 11.5 Å². The number of hydrogen-bond donors (Lipinski definition) is 1. The molecular formula is C19H18N2O5. The summed E-state index contributed by atoms with van der Waals surface area (Å²) in [6.45, 7) is 0.271. The van der Waals surface area contributed by atoms with E-state index in [0.29, 0.717) is 22.6 Å². The molecule has 1 N–H and O–H groups in total. The van der Waals surface area contributed by atoms with E-state index in [0.717, 1.165) is 5.56 Å². The van der Waals surface area contributed by atoms with Crippen LogP contribution in [0.4, 0.5) is 0 Å². The van der Waals surface area contributed by atoms with E-state index in [2.05, 4.69) is 10.5 Å². The minimum absolute atomic E-state index is 0.0390. The number of amides is 1. The zero-order chi connectivity index (χ0) is 18.5. The predicted octanol–water partition coefficient (Wildman–Crippen LogP) is 1.94. The first kappa shape index (κ1) is 17.5. The van der Waals surface area contributed by atoms with Crippen molar-refractivity contribution in [2.45, 2.75) is 6.61 Å². The fourth-order valence-corrected chi connectivity index (χ4v) is 2.62. The second kappa shape index (κ2) is 7.69. The van der Waals surface area contributed by atoms with E-state index in [1.54, 1.807) is 24.3 Å². The lowest BCUT2D eigenvalue weighted by molar-refractivity contribution is -0.114. The zero-order valence-electron chi connectivity index (χ0n) is 14.4. The van der Waals surface area contributed by atoms with Crippen LogP contribution >= 0.6 is 0 Å². The third-order valence-electron chi connectivity index (χ3n) is 3.90. The summed E-state index contributed by atoms with van der Waals surface area (Å²) >= 11 is 0. The van der Waals surface area contributed by atoms with Gasteiger partial charge in [0.2, 0.25) is 5.78 Å². The van der Waals surface area contributed by atoms with E-state index in [9.17, 15) is 9.59 Å². The Hall–Kier alpha value is -3.35. The maximum Gasteiger partial charge on any atom is 0.273 e. The summed E-state index contributed by atoms with van der Waals surface area (Å²) in [5, 5.41) is 6.37. The molecule has 1 aliphatic heterocycles. The lowest BCUT2D eigenvalue weighted by atomic mass is 10.0. The van der Waals surface area contributed by atoms with Gasteiger partial charge in [-0.25, -0.2) is 0 Å². The number of ketones is 1. The topological polar surface area (TPSA) is 86.2 Å². The van der Waals surface area contributed by atoms with Crippen molar-refractivity contribution in [1.29, 1.82) is 0 Å². The second-order valence-corrected chi connectivity index (χ2v) is 5.52. The Kier molecular flexibility index (Phi) is 5.17. The monoisotopic (exact) mass is 354 g/mol. The summed E-state index contributed by atoms with van der Waals surface area (Å²) in [7, 11) is 2.91. The summed E-state index contributed by atoms with van der Waals surface area (Å²) in [6, 6.07) is 12.4. The van der Waals surface area contributed by atoms with Gasteiger partial charge in [0.05, 0.1) is 5.56 Å². The largest absolute Gasteiger partial charge is 0.489 e. The molecule has 2 aromatic carbocycles. The molecule has 0 atom stereocenters. The van der Waals surface area contributed by atoms with Crippen LogP contribution in [-0.2, 0) is 16.2 Å². The average molecular weight is 354 g/mol. The number of fused-ring (bicyclic) bond motifs is 1. The van der Waals surface area contributed by atoms with Gasteiger partial charge in [-0.15, -0.1) is 0 Å². The molecule has 0 saturated heterocycles. The minimum atomic E-state index is -0.358. The normalized spacial score (nSPS) is 13.0. The molecule has 0 aliphatic carbocycles. The van der Waals surface area contributed by atoms with Crippen LogP contribution in [-0.4, -0.2) is 38.2 Å². The van der Waals surface area contributed by atoms with Crippen LogP contribution in [0.5, 0.6) is 11.5 Å². The number of benzene rings is 2. The molecule has 7 heteroatoms. The number of nitrogens with zero attached hydrogens (tertiary/aromatic N) is 1.